The maximum atomic E-state index is 3.99. The van der Waals surface area contributed by atoms with Gasteiger partial charge in [-0.1, -0.05) is 78.9 Å². The summed E-state index contributed by atoms with van der Waals surface area (Å²) in [6.45, 7) is 0. The maximum Gasteiger partial charge on any atom is 0.0566 e. The smallest absolute Gasteiger partial charge is 0.0566 e. The maximum absolute atomic E-state index is 3.99. The number of rotatable bonds is 3. The molecule has 5 aromatic carbocycles. The van der Waals surface area contributed by atoms with Gasteiger partial charge in [0.15, 0.2) is 0 Å². The minimum atomic E-state index is 0.261. The molecule has 2 nitrogen and oxygen atoms in total. The summed E-state index contributed by atoms with van der Waals surface area (Å²) in [5, 5.41) is 12.9. The average Bonchev–Trinajstić information content (AvgIpc) is 3.38. The minimum Gasteiger partial charge on any atom is -0.378 e. The van der Waals surface area contributed by atoms with Crippen LogP contribution in [0.15, 0.2) is 115 Å². The molecule has 0 bridgehead atoms. The zero-order chi connectivity index (χ0) is 22.5. The summed E-state index contributed by atoms with van der Waals surface area (Å²) >= 11 is 0. The average molecular weight is 439 g/mol. The van der Waals surface area contributed by atoms with Crippen molar-refractivity contribution in [1.29, 1.82) is 0 Å². The second kappa shape index (κ2) is 7.78. The van der Waals surface area contributed by atoms with E-state index < -0.39 is 0 Å². The first kappa shape index (κ1) is 19.4. The van der Waals surface area contributed by atoms with Crippen molar-refractivity contribution in [3.63, 3.8) is 0 Å². The molecule has 0 radical (unpaired) electrons. The normalized spacial score (nSPS) is 20.6. The van der Waals surface area contributed by atoms with Crippen molar-refractivity contribution in [2.45, 2.75) is 18.4 Å². The first-order valence-electron chi connectivity index (χ1n) is 12.1. The first-order valence-corrected chi connectivity index (χ1v) is 12.1. The van der Waals surface area contributed by atoms with Gasteiger partial charge >= 0.3 is 0 Å². The molecular formula is C32H26N2. The van der Waals surface area contributed by atoms with Gasteiger partial charge in [-0.25, -0.2) is 0 Å². The summed E-state index contributed by atoms with van der Waals surface area (Å²) in [5.41, 5.74) is 6.32. The summed E-state index contributed by atoms with van der Waals surface area (Å²) in [5.74, 6) is 0.908. The van der Waals surface area contributed by atoms with Gasteiger partial charge in [0.05, 0.1) is 6.04 Å². The third-order valence-corrected chi connectivity index (χ3v) is 7.55. The monoisotopic (exact) mass is 438 g/mol. The molecule has 0 saturated heterocycles. The van der Waals surface area contributed by atoms with Gasteiger partial charge < -0.3 is 10.6 Å². The minimum absolute atomic E-state index is 0.261. The highest BCUT2D eigenvalue weighted by Crippen LogP contribution is 2.52. The fourth-order valence-electron chi connectivity index (χ4n) is 6.03. The van der Waals surface area contributed by atoms with Crippen LogP contribution in [0.2, 0.25) is 0 Å². The van der Waals surface area contributed by atoms with Gasteiger partial charge in [0.25, 0.3) is 0 Å². The van der Waals surface area contributed by atoms with E-state index in [1.165, 1.54) is 38.4 Å². The molecule has 3 atom stereocenters. The molecule has 2 N–H and O–H groups in total. The van der Waals surface area contributed by atoms with E-state index in [2.05, 4.69) is 120 Å². The van der Waals surface area contributed by atoms with Crippen molar-refractivity contribution in [2.24, 2.45) is 5.92 Å². The van der Waals surface area contributed by atoms with Crippen LogP contribution in [0.1, 0.15) is 29.5 Å². The molecule has 0 fully saturated rings. The molecule has 2 heteroatoms. The Hall–Kier alpha value is -4.04. The number of benzene rings is 5. The molecule has 5 aromatic rings. The molecule has 3 unspecified atom stereocenters. The lowest BCUT2D eigenvalue weighted by atomic mass is 9.75. The molecule has 7 rings (SSSR count). The first-order chi connectivity index (χ1) is 16.8. The van der Waals surface area contributed by atoms with Crippen LogP contribution >= 0.6 is 0 Å². The predicted molar refractivity (Wildman–Crippen MR) is 144 cm³/mol. The van der Waals surface area contributed by atoms with Crippen LogP contribution in [-0.4, -0.2) is 0 Å². The zero-order valence-electron chi connectivity index (χ0n) is 18.9. The molecule has 0 amide bonds. The molecule has 0 spiro atoms. The van der Waals surface area contributed by atoms with Crippen LogP contribution in [0.4, 0.5) is 17.1 Å². The number of allylic oxidation sites excluding steroid dienone is 2. The Kier molecular flexibility index (Phi) is 4.44. The van der Waals surface area contributed by atoms with E-state index in [4.69, 9.17) is 0 Å². The fourth-order valence-corrected chi connectivity index (χ4v) is 6.03. The molecule has 34 heavy (non-hydrogen) atoms. The zero-order valence-corrected chi connectivity index (χ0v) is 18.9. The molecule has 1 aliphatic heterocycles. The van der Waals surface area contributed by atoms with E-state index >= 15 is 0 Å². The Balaban J connectivity index is 1.36. The SMILES string of the molecule is C1=CC2c3cc(Nc4ccccc4)ccc3NC(c3c4ccccc4cc4ccccc34)C2C1. The third-order valence-electron chi connectivity index (χ3n) is 7.55. The highest BCUT2D eigenvalue weighted by atomic mass is 15.0. The Labute approximate surface area is 199 Å². The van der Waals surface area contributed by atoms with E-state index in [1.807, 2.05) is 6.07 Å². The van der Waals surface area contributed by atoms with Gasteiger partial charge in [-0.3, -0.25) is 0 Å². The third kappa shape index (κ3) is 3.10. The fraction of sp³-hybridized carbons (Fsp3) is 0.125. The summed E-state index contributed by atoms with van der Waals surface area (Å²) in [7, 11) is 0. The summed E-state index contributed by atoms with van der Waals surface area (Å²) in [6.07, 6.45) is 5.90. The van der Waals surface area contributed by atoms with Crippen LogP contribution in [0.3, 0.4) is 0 Å². The van der Waals surface area contributed by atoms with E-state index in [9.17, 15) is 0 Å². The van der Waals surface area contributed by atoms with E-state index in [0.717, 1.165) is 17.8 Å². The number of fused-ring (bicyclic) bond motifs is 5. The van der Waals surface area contributed by atoms with Gasteiger partial charge in [-0.2, -0.15) is 0 Å². The van der Waals surface area contributed by atoms with Gasteiger partial charge in [-0.05, 0) is 81.4 Å². The molecule has 2 aliphatic rings. The topological polar surface area (TPSA) is 24.1 Å². The van der Waals surface area contributed by atoms with E-state index in [-0.39, 0.29) is 6.04 Å². The molecule has 1 aliphatic carbocycles. The highest BCUT2D eigenvalue weighted by Gasteiger charge is 2.39. The van der Waals surface area contributed by atoms with Crippen molar-refractivity contribution < 1.29 is 0 Å². The van der Waals surface area contributed by atoms with Crippen LogP contribution < -0.4 is 10.6 Å². The molecule has 0 aromatic heterocycles. The standard InChI is InChI=1S/C32H26N2/c1-2-11-23(12-3-1)33-24-17-18-30-29(20-24)27-15-8-16-28(27)32(34-30)31-25-13-6-4-9-21(25)19-22-10-5-7-14-26(22)31/h1-15,17-20,27-28,32-34H,16H2. The Bertz CT molecular complexity index is 1500. The Morgan fingerprint density at radius 2 is 1.38 bits per heavy atom. The number of nitrogens with one attached hydrogen (secondary N) is 2. The lowest BCUT2D eigenvalue weighted by molar-refractivity contribution is 0.429. The van der Waals surface area contributed by atoms with Gasteiger partial charge in [0, 0.05) is 23.0 Å². The Morgan fingerprint density at radius 1 is 0.676 bits per heavy atom. The van der Waals surface area contributed by atoms with Crippen LogP contribution in [0.25, 0.3) is 21.5 Å². The predicted octanol–water partition coefficient (Wildman–Crippen LogP) is 8.56. The van der Waals surface area contributed by atoms with Crippen molar-refractivity contribution >= 4 is 38.6 Å². The lowest BCUT2D eigenvalue weighted by Gasteiger charge is -2.38. The largest absolute Gasteiger partial charge is 0.378 e. The molecule has 0 saturated carbocycles. The van der Waals surface area contributed by atoms with E-state index in [1.54, 1.807) is 0 Å². The van der Waals surface area contributed by atoms with Crippen LogP contribution in [-0.2, 0) is 0 Å². The second-order valence-corrected chi connectivity index (χ2v) is 9.50. The second-order valence-electron chi connectivity index (χ2n) is 9.50. The summed E-state index contributed by atoms with van der Waals surface area (Å²) in [4.78, 5) is 0. The van der Waals surface area contributed by atoms with Crippen molar-refractivity contribution in [2.75, 3.05) is 10.6 Å². The molecule has 164 valence electrons. The van der Waals surface area contributed by atoms with Crippen molar-refractivity contribution in [1.82, 2.24) is 0 Å². The van der Waals surface area contributed by atoms with Crippen molar-refractivity contribution in [3.05, 3.63) is 126 Å². The summed E-state index contributed by atoms with van der Waals surface area (Å²) in [6, 6.07) is 37.5. The van der Waals surface area contributed by atoms with Crippen LogP contribution in [0.5, 0.6) is 0 Å². The Morgan fingerprint density at radius 3 is 2.15 bits per heavy atom. The van der Waals surface area contributed by atoms with Gasteiger partial charge in [-0.15, -0.1) is 0 Å². The number of hydrogen-bond acceptors (Lipinski definition) is 2. The van der Waals surface area contributed by atoms with E-state index in [0.29, 0.717) is 11.8 Å². The number of hydrogen-bond donors (Lipinski definition) is 2. The lowest BCUT2D eigenvalue weighted by Crippen LogP contribution is -2.29. The van der Waals surface area contributed by atoms with Crippen LogP contribution in [0, 0.1) is 5.92 Å². The highest BCUT2D eigenvalue weighted by molar-refractivity contribution is 6.03. The molecule has 1 heterocycles. The number of para-hydroxylation sites is 1. The molecular weight excluding hydrogens is 412 g/mol. The summed E-state index contributed by atoms with van der Waals surface area (Å²) < 4.78 is 0. The quantitative estimate of drug-likeness (QED) is 0.218. The van der Waals surface area contributed by atoms with Gasteiger partial charge in [0.2, 0.25) is 0 Å². The van der Waals surface area contributed by atoms with Gasteiger partial charge in [0.1, 0.15) is 0 Å². The number of anilines is 3. The van der Waals surface area contributed by atoms with Crippen molar-refractivity contribution in [3.8, 4) is 0 Å².